The first kappa shape index (κ1) is 8.82. The van der Waals surface area contributed by atoms with E-state index >= 15 is 0 Å². The summed E-state index contributed by atoms with van der Waals surface area (Å²) in [5.74, 6) is 0. The Morgan fingerprint density at radius 2 is 2.00 bits per heavy atom. The van der Waals surface area contributed by atoms with Gasteiger partial charge in [0.2, 0.25) is 0 Å². The van der Waals surface area contributed by atoms with Gasteiger partial charge >= 0.3 is 0 Å². The summed E-state index contributed by atoms with van der Waals surface area (Å²) in [6.07, 6.45) is 6.07. The van der Waals surface area contributed by atoms with Gasteiger partial charge in [-0.2, -0.15) is 0 Å². The summed E-state index contributed by atoms with van der Waals surface area (Å²) in [5.41, 5.74) is 12.3. The minimum absolute atomic E-state index is 0.580. The van der Waals surface area contributed by atoms with Crippen LogP contribution in [0.4, 0.5) is 0 Å². The maximum Gasteiger partial charge on any atom is 0.0544 e. The molecule has 0 aromatic rings. The van der Waals surface area contributed by atoms with Crippen molar-refractivity contribution in [1.82, 2.24) is 0 Å². The highest BCUT2D eigenvalue weighted by atomic mass is 14.7. The quantitative estimate of drug-likeness (QED) is 0.577. The molecule has 0 saturated heterocycles. The van der Waals surface area contributed by atoms with Crippen molar-refractivity contribution in [2.45, 2.75) is 13.3 Å². The number of hydrogen-bond acceptors (Lipinski definition) is 2. The van der Waals surface area contributed by atoms with Crippen molar-refractivity contribution in [3.63, 3.8) is 0 Å². The highest BCUT2D eigenvalue weighted by Crippen LogP contribution is 1.96. The lowest BCUT2D eigenvalue weighted by Crippen LogP contribution is -2.08. The van der Waals surface area contributed by atoms with Crippen LogP contribution >= 0.6 is 0 Å². The van der Waals surface area contributed by atoms with Crippen LogP contribution in [0.15, 0.2) is 36.2 Å². The van der Waals surface area contributed by atoms with Crippen molar-refractivity contribution >= 4 is 0 Å². The molecule has 0 bridgehead atoms. The van der Waals surface area contributed by atoms with Crippen LogP contribution in [0.2, 0.25) is 0 Å². The highest BCUT2D eigenvalue weighted by Gasteiger charge is 1.89. The predicted molar refractivity (Wildman–Crippen MR) is 45.0 cm³/mol. The molecule has 4 N–H and O–H groups in total. The van der Waals surface area contributed by atoms with Crippen LogP contribution in [0.3, 0.4) is 0 Å². The van der Waals surface area contributed by atoms with E-state index in [-0.39, 0.29) is 0 Å². The minimum atomic E-state index is 0.580. The molecule has 2 heteroatoms. The molecule has 0 fully saturated rings. The van der Waals surface area contributed by atoms with Crippen molar-refractivity contribution in [3.05, 3.63) is 36.2 Å². The average molecular weight is 138 g/mol. The lowest BCUT2D eigenvalue weighted by atomic mass is 10.2. The predicted octanol–water partition coefficient (Wildman–Crippen LogP) is 1.27. The van der Waals surface area contributed by atoms with Crippen LogP contribution < -0.4 is 11.5 Å². The molecule has 56 valence electrons. The summed E-state index contributed by atoms with van der Waals surface area (Å²) < 4.78 is 0. The molecule has 0 atom stereocenters. The molecule has 0 aliphatic rings. The van der Waals surface area contributed by atoms with Gasteiger partial charge in [-0.15, -0.1) is 0 Å². The fourth-order valence-electron chi connectivity index (χ4n) is 0.561. The van der Waals surface area contributed by atoms with E-state index in [0.717, 1.165) is 6.42 Å². The van der Waals surface area contributed by atoms with Gasteiger partial charge in [0.05, 0.1) is 11.4 Å². The van der Waals surface area contributed by atoms with Gasteiger partial charge in [0.25, 0.3) is 0 Å². The molecule has 0 aromatic heterocycles. The van der Waals surface area contributed by atoms with E-state index in [1.165, 1.54) is 0 Å². The average Bonchev–Trinajstić information content (AvgIpc) is 1.89. The van der Waals surface area contributed by atoms with E-state index < -0.39 is 0 Å². The Hall–Kier alpha value is -1.18. The van der Waals surface area contributed by atoms with Gasteiger partial charge < -0.3 is 11.5 Å². The standard InChI is InChI=1S/C8H14N2/c1-3-5-7(9)8(10)6-4-2/h3,5-6H,1,4,9-10H2,2H3/b7-5+,8-6+. The first-order chi connectivity index (χ1) is 4.72. The third kappa shape index (κ3) is 2.97. The Labute approximate surface area is 61.9 Å². The van der Waals surface area contributed by atoms with Crippen molar-refractivity contribution < 1.29 is 0 Å². The zero-order chi connectivity index (χ0) is 7.98. The van der Waals surface area contributed by atoms with Crippen LogP contribution in [0.1, 0.15) is 13.3 Å². The maximum absolute atomic E-state index is 5.53. The molecule has 0 saturated carbocycles. The van der Waals surface area contributed by atoms with Crippen molar-refractivity contribution in [2.24, 2.45) is 11.5 Å². The molecule has 0 aromatic carbocycles. The van der Waals surface area contributed by atoms with Gasteiger partial charge in [-0.1, -0.05) is 25.7 Å². The van der Waals surface area contributed by atoms with Gasteiger partial charge in [0.15, 0.2) is 0 Å². The molecule has 2 nitrogen and oxygen atoms in total. The fourth-order valence-corrected chi connectivity index (χ4v) is 0.561. The Kier molecular flexibility index (Phi) is 4.12. The molecule has 0 rings (SSSR count). The summed E-state index contributed by atoms with van der Waals surface area (Å²) in [7, 11) is 0. The van der Waals surface area contributed by atoms with Crippen LogP contribution in [0.5, 0.6) is 0 Å². The smallest absolute Gasteiger partial charge is 0.0544 e. The number of rotatable bonds is 3. The molecule has 0 spiro atoms. The monoisotopic (exact) mass is 138 g/mol. The van der Waals surface area contributed by atoms with E-state index in [1.54, 1.807) is 12.2 Å². The van der Waals surface area contributed by atoms with Crippen LogP contribution in [-0.4, -0.2) is 0 Å². The molecular weight excluding hydrogens is 124 g/mol. The zero-order valence-corrected chi connectivity index (χ0v) is 6.30. The van der Waals surface area contributed by atoms with E-state index in [1.807, 2.05) is 13.0 Å². The molecule has 0 aliphatic carbocycles. The Bertz CT molecular complexity index is 166. The normalized spacial score (nSPS) is 13.3. The molecular formula is C8H14N2. The summed E-state index contributed by atoms with van der Waals surface area (Å²) in [6, 6.07) is 0. The van der Waals surface area contributed by atoms with Crippen molar-refractivity contribution in [3.8, 4) is 0 Å². The Morgan fingerprint density at radius 1 is 1.40 bits per heavy atom. The Balaban J connectivity index is 4.19. The van der Waals surface area contributed by atoms with Gasteiger partial charge in [-0.3, -0.25) is 0 Å². The van der Waals surface area contributed by atoms with E-state index in [9.17, 15) is 0 Å². The Morgan fingerprint density at radius 3 is 2.40 bits per heavy atom. The van der Waals surface area contributed by atoms with Crippen LogP contribution in [-0.2, 0) is 0 Å². The summed E-state index contributed by atoms with van der Waals surface area (Å²) in [4.78, 5) is 0. The minimum Gasteiger partial charge on any atom is -0.397 e. The van der Waals surface area contributed by atoms with Gasteiger partial charge in [0, 0.05) is 0 Å². The highest BCUT2D eigenvalue weighted by molar-refractivity contribution is 5.27. The van der Waals surface area contributed by atoms with Crippen LogP contribution in [0, 0.1) is 0 Å². The fraction of sp³-hybridized carbons (Fsp3) is 0.250. The lowest BCUT2D eigenvalue weighted by molar-refractivity contribution is 1.14. The lowest BCUT2D eigenvalue weighted by Gasteiger charge is -1.97. The largest absolute Gasteiger partial charge is 0.397 e. The van der Waals surface area contributed by atoms with Gasteiger partial charge in [0.1, 0.15) is 0 Å². The summed E-state index contributed by atoms with van der Waals surface area (Å²) in [6.45, 7) is 5.51. The van der Waals surface area contributed by atoms with Crippen LogP contribution in [0.25, 0.3) is 0 Å². The summed E-state index contributed by atoms with van der Waals surface area (Å²) >= 11 is 0. The first-order valence-electron chi connectivity index (χ1n) is 3.26. The second-order valence-corrected chi connectivity index (χ2v) is 1.93. The van der Waals surface area contributed by atoms with Crippen molar-refractivity contribution in [1.29, 1.82) is 0 Å². The molecule has 0 amide bonds. The van der Waals surface area contributed by atoms with E-state index in [2.05, 4.69) is 6.58 Å². The molecule has 0 unspecified atom stereocenters. The number of nitrogens with two attached hydrogens (primary N) is 2. The maximum atomic E-state index is 5.53. The molecule has 10 heavy (non-hydrogen) atoms. The van der Waals surface area contributed by atoms with Gasteiger partial charge in [-0.25, -0.2) is 0 Å². The second kappa shape index (κ2) is 4.68. The summed E-state index contributed by atoms with van der Waals surface area (Å²) in [5, 5.41) is 0. The molecule has 0 radical (unpaired) electrons. The topological polar surface area (TPSA) is 52.0 Å². The molecule has 0 aliphatic heterocycles. The third-order valence-corrected chi connectivity index (χ3v) is 1.05. The zero-order valence-electron chi connectivity index (χ0n) is 6.30. The van der Waals surface area contributed by atoms with E-state index in [0.29, 0.717) is 11.4 Å². The second-order valence-electron chi connectivity index (χ2n) is 1.93. The van der Waals surface area contributed by atoms with Crippen molar-refractivity contribution in [2.75, 3.05) is 0 Å². The third-order valence-electron chi connectivity index (χ3n) is 1.05. The first-order valence-corrected chi connectivity index (χ1v) is 3.26. The molecule has 0 heterocycles. The van der Waals surface area contributed by atoms with Gasteiger partial charge in [-0.05, 0) is 12.5 Å². The number of allylic oxidation sites excluding steroid dienone is 3. The number of hydrogen-bond donors (Lipinski definition) is 2. The SMILES string of the molecule is C=C/C=C(N)\C(N)=C/CC. The van der Waals surface area contributed by atoms with E-state index in [4.69, 9.17) is 11.5 Å².